The van der Waals surface area contributed by atoms with E-state index in [1.165, 1.54) is 0 Å². The van der Waals surface area contributed by atoms with Crippen LogP contribution in [0.15, 0.2) is 0 Å². The molecule has 0 unspecified atom stereocenters. The molecule has 1 saturated heterocycles. The molecule has 2 heteroatoms. The second kappa shape index (κ2) is 3.24. The molecule has 1 heterocycles. The van der Waals surface area contributed by atoms with E-state index in [2.05, 4.69) is 19.2 Å². The van der Waals surface area contributed by atoms with Gasteiger partial charge in [-0.05, 0) is 25.7 Å². The van der Waals surface area contributed by atoms with Crippen LogP contribution in [0.2, 0.25) is 0 Å². The van der Waals surface area contributed by atoms with E-state index in [1.807, 2.05) is 0 Å². The van der Waals surface area contributed by atoms with Crippen molar-refractivity contribution in [3.8, 4) is 0 Å². The summed E-state index contributed by atoms with van der Waals surface area (Å²) in [4.78, 5) is 11.5. The third-order valence-electron chi connectivity index (χ3n) is 2.95. The van der Waals surface area contributed by atoms with Crippen LogP contribution in [0.1, 0.15) is 39.5 Å². The molecular weight excluding hydrogens is 138 g/mol. The SMILES string of the molecule is CCC1(CC)CCCNC1=O. The number of piperidine rings is 1. The minimum atomic E-state index is -0.0295. The van der Waals surface area contributed by atoms with Gasteiger partial charge in [-0.1, -0.05) is 13.8 Å². The van der Waals surface area contributed by atoms with E-state index in [-0.39, 0.29) is 11.3 Å². The van der Waals surface area contributed by atoms with Crippen molar-refractivity contribution in [2.75, 3.05) is 6.54 Å². The van der Waals surface area contributed by atoms with E-state index in [4.69, 9.17) is 0 Å². The zero-order valence-corrected chi connectivity index (χ0v) is 7.44. The van der Waals surface area contributed by atoms with Crippen molar-refractivity contribution >= 4 is 5.91 Å². The number of carbonyl (C=O) groups excluding carboxylic acids is 1. The van der Waals surface area contributed by atoms with Gasteiger partial charge in [-0.15, -0.1) is 0 Å². The van der Waals surface area contributed by atoms with E-state index < -0.39 is 0 Å². The highest BCUT2D eigenvalue weighted by Crippen LogP contribution is 2.34. The van der Waals surface area contributed by atoms with Crippen molar-refractivity contribution < 1.29 is 4.79 Å². The van der Waals surface area contributed by atoms with Gasteiger partial charge in [-0.25, -0.2) is 0 Å². The first-order valence-electron chi connectivity index (χ1n) is 4.53. The summed E-state index contributed by atoms with van der Waals surface area (Å²) in [5.74, 6) is 0.272. The van der Waals surface area contributed by atoms with Crippen molar-refractivity contribution in [1.29, 1.82) is 0 Å². The normalized spacial score (nSPS) is 22.9. The highest BCUT2D eigenvalue weighted by atomic mass is 16.2. The summed E-state index contributed by atoms with van der Waals surface area (Å²) in [6, 6.07) is 0. The Kier molecular flexibility index (Phi) is 2.53. The predicted molar refractivity (Wildman–Crippen MR) is 45.3 cm³/mol. The molecule has 1 amide bonds. The summed E-state index contributed by atoms with van der Waals surface area (Å²) in [5, 5.41) is 2.94. The van der Waals surface area contributed by atoms with Gasteiger partial charge >= 0.3 is 0 Å². The van der Waals surface area contributed by atoms with Gasteiger partial charge in [0.05, 0.1) is 0 Å². The van der Waals surface area contributed by atoms with Crippen LogP contribution in [0.3, 0.4) is 0 Å². The molecule has 1 aliphatic rings. The Balaban J connectivity index is 2.69. The van der Waals surface area contributed by atoms with Gasteiger partial charge in [0.2, 0.25) is 5.91 Å². The van der Waals surface area contributed by atoms with Crippen LogP contribution < -0.4 is 5.32 Å². The number of hydrogen-bond donors (Lipinski definition) is 1. The molecule has 2 nitrogen and oxygen atoms in total. The number of carbonyl (C=O) groups is 1. The van der Waals surface area contributed by atoms with Crippen LogP contribution >= 0.6 is 0 Å². The van der Waals surface area contributed by atoms with Crippen LogP contribution in [-0.4, -0.2) is 12.5 Å². The summed E-state index contributed by atoms with van der Waals surface area (Å²) in [5.41, 5.74) is -0.0295. The largest absolute Gasteiger partial charge is 0.356 e. The zero-order valence-electron chi connectivity index (χ0n) is 7.44. The van der Waals surface area contributed by atoms with E-state index in [0.29, 0.717) is 0 Å². The molecule has 0 atom stereocenters. The first-order chi connectivity index (χ1) is 5.25. The Bertz CT molecular complexity index is 150. The Morgan fingerprint density at radius 2 is 2.09 bits per heavy atom. The third kappa shape index (κ3) is 1.39. The van der Waals surface area contributed by atoms with E-state index in [9.17, 15) is 4.79 Å². The van der Waals surface area contributed by atoms with E-state index >= 15 is 0 Å². The molecule has 1 aliphatic heterocycles. The van der Waals surface area contributed by atoms with Crippen LogP contribution in [0, 0.1) is 5.41 Å². The fraction of sp³-hybridized carbons (Fsp3) is 0.889. The fourth-order valence-corrected chi connectivity index (χ4v) is 1.85. The fourth-order valence-electron chi connectivity index (χ4n) is 1.85. The highest BCUT2D eigenvalue weighted by molar-refractivity contribution is 5.83. The summed E-state index contributed by atoms with van der Waals surface area (Å²) < 4.78 is 0. The number of rotatable bonds is 2. The lowest BCUT2D eigenvalue weighted by Gasteiger charge is -2.34. The van der Waals surface area contributed by atoms with Crippen molar-refractivity contribution in [1.82, 2.24) is 5.32 Å². The first-order valence-corrected chi connectivity index (χ1v) is 4.53. The average molecular weight is 155 g/mol. The van der Waals surface area contributed by atoms with Crippen LogP contribution in [-0.2, 0) is 4.79 Å². The lowest BCUT2D eigenvalue weighted by atomic mass is 9.75. The summed E-state index contributed by atoms with van der Waals surface area (Å²) in [7, 11) is 0. The van der Waals surface area contributed by atoms with Crippen LogP contribution in [0.5, 0.6) is 0 Å². The van der Waals surface area contributed by atoms with Crippen molar-refractivity contribution in [2.24, 2.45) is 5.41 Å². The minimum Gasteiger partial charge on any atom is -0.356 e. The van der Waals surface area contributed by atoms with Gasteiger partial charge in [0.25, 0.3) is 0 Å². The molecule has 1 N–H and O–H groups in total. The molecule has 0 aliphatic carbocycles. The molecular formula is C9H17NO. The monoisotopic (exact) mass is 155 g/mol. The molecule has 64 valence electrons. The van der Waals surface area contributed by atoms with Crippen molar-refractivity contribution in [3.05, 3.63) is 0 Å². The maximum atomic E-state index is 11.5. The Morgan fingerprint density at radius 1 is 1.45 bits per heavy atom. The molecule has 11 heavy (non-hydrogen) atoms. The highest BCUT2D eigenvalue weighted by Gasteiger charge is 2.36. The van der Waals surface area contributed by atoms with Gasteiger partial charge in [0.15, 0.2) is 0 Å². The maximum absolute atomic E-state index is 11.5. The zero-order chi connectivity index (χ0) is 8.32. The van der Waals surface area contributed by atoms with Crippen molar-refractivity contribution in [3.63, 3.8) is 0 Å². The second-order valence-corrected chi connectivity index (χ2v) is 3.35. The standard InChI is InChI=1S/C9H17NO/c1-3-9(4-2)6-5-7-10-8(9)11/h3-7H2,1-2H3,(H,10,11). The molecule has 0 aromatic rings. The molecule has 0 saturated carbocycles. The van der Waals surface area contributed by atoms with Gasteiger partial charge in [0.1, 0.15) is 0 Å². The lowest BCUT2D eigenvalue weighted by molar-refractivity contribution is -0.134. The van der Waals surface area contributed by atoms with Crippen LogP contribution in [0.4, 0.5) is 0 Å². The average Bonchev–Trinajstić information content (AvgIpc) is 2.06. The molecule has 0 aromatic heterocycles. The number of amides is 1. The molecule has 0 bridgehead atoms. The first kappa shape index (κ1) is 8.57. The summed E-state index contributed by atoms with van der Waals surface area (Å²) in [6.45, 7) is 5.09. The molecule has 0 radical (unpaired) electrons. The number of hydrogen-bond acceptors (Lipinski definition) is 1. The molecule has 0 aromatic carbocycles. The van der Waals surface area contributed by atoms with E-state index in [0.717, 1.165) is 32.2 Å². The maximum Gasteiger partial charge on any atom is 0.226 e. The molecule has 1 rings (SSSR count). The van der Waals surface area contributed by atoms with Gasteiger partial charge in [-0.3, -0.25) is 4.79 Å². The molecule has 0 spiro atoms. The van der Waals surface area contributed by atoms with Crippen LogP contribution in [0.25, 0.3) is 0 Å². The minimum absolute atomic E-state index is 0.0295. The van der Waals surface area contributed by atoms with E-state index in [1.54, 1.807) is 0 Å². The summed E-state index contributed by atoms with van der Waals surface area (Å²) >= 11 is 0. The third-order valence-corrected chi connectivity index (χ3v) is 2.95. The predicted octanol–water partition coefficient (Wildman–Crippen LogP) is 1.70. The smallest absolute Gasteiger partial charge is 0.226 e. The van der Waals surface area contributed by atoms with Gasteiger partial charge in [0, 0.05) is 12.0 Å². The van der Waals surface area contributed by atoms with Crippen molar-refractivity contribution in [2.45, 2.75) is 39.5 Å². The Hall–Kier alpha value is -0.530. The van der Waals surface area contributed by atoms with Gasteiger partial charge < -0.3 is 5.32 Å². The summed E-state index contributed by atoms with van der Waals surface area (Å²) in [6.07, 6.45) is 4.18. The topological polar surface area (TPSA) is 29.1 Å². The quantitative estimate of drug-likeness (QED) is 0.646. The Labute approximate surface area is 68.4 Å². The van der Waals surface area contributed by atoms with Gasteiger partial charge in [-0.2, -0.15) is 0 Å². The Morgan fingerprint density at radius 3 is 2.45 bits per heavy atom. The lowest BCUT2D eigenvalue weighted by Crippen LogP contribution is -2.45. The second-order valence-electron chi connectivity index (χ2n) is 3.35. The number of nitrogens with one attached hydrogen (secondary N) is 1. The molecule has 1 fully saturated rings.